The minimum absolute atomic E-state index is 0. The predicted octanol–water partition coefficient (Wildman–Crippen LogP) is 3.19. The Bertz CT molecular complexity index is 564. The van der Waals surface area contributed by atoms with Crippen LogP contribution >= 0.6 is 24.0 Å². The van der Waals surface area contributed by atoms with Crippen LogP contribution in [0.25, 0.3) is 0 Å². The first-order valence-corrected chi connectivity index (χ1v) is 11.2. The summed E-state index contributed by atoms with van der Waals surface area (Å²) >= 11 is 0. The number of hydrogen-bond acceptors (Lipinski definition) is 5. The Kier molecular flexibility index (Phi) is 14.8. The normalized spacial score (nSPS) is 16.1. The number of unbranched alkanes of at least 4 members (excludes halogenated alkanes) is 1. The lowest BCUT2D eigenvalue weighted by Crippen LogP contribution is -2.53. The first-order chi connectivity index (χ1) is 14.3. The molecule has 2 heterocycles. The molecule has 1 fully saturated rings. The number of aromatic nitrogens is 1. The Morgan fingerprint density at radius 1 is 1.13 bits per heavy atom. The fraction of sp³-hybridized carbons (Fsp3) is 0.727. The molecule has 172 valence electrons. The molecule has 8 heteroatoms. The Hall–Kier alpha value is -1.13. The molecule has 0 aromatic carbocycles. The molecule has 0 saturated carbocycles. The van der Waals surface area contributed by atoms with Gasteiger partial charge >= 0.3 is 0 Å². The number of guanidine groups is 1. The highest BCUT2D eigenvalue weighted by Crippen LogP contribution is 2.19. The smallest absolute Gasteiger partial charge is 0.191 e. The number of nitrogens with one attached hydrogen (secondary N) is 3. The second-order valence-electron chi connectivity index (χ2n) is 7.52. The van der Waals surface area contributed by atoms with Crippen LogP contribution in [-0.2, 0) is 4.74 Å². The molecule has 1 aliphatic rings. The van der Waals surface area contributed by atoms with Crippen molar-refractivity contribution in [3.8, 4) is 0 Å². The number of morpholine rings is 1. The van der Waals surface area contributed by atoms with E-state index in [1.807, 2.05) is 31.4 Å². The molecule has 30 heavy (non-hydrogen) atoms. The number of ether oxygens (including phenoxy) is 1. The maximum absolute atomic E-state index is 5.55. The molecule has 0 amide bonds. The van der Waals surface area contributed by atoms with Crippen LogP contribution in [0.5, 0.6) is 0 Å². The molecule has 7 nitrogen and oxygen atoms in total. The molecule has 0 aliphatic carbocycles. The SMILES string of the molecule is CCC(CC)C(CNC(=NC)NCCCCNc1ccccn1)N1CCOCC1.I. The summed E-state index contributed by atoms with van der Waals surface area (Å²) in [6.07, 6.45) is 6.39. The third-order valence-corrected chi connectivity index (χ3v) is 5.68. The molecule has 2 rings (SSSR count). The highest BCUT2D eigenvalue weighted by molar-refractivity contribution is 14.0. The van der Waals surface area contributed by atoms with Gasteiger partial charge in [-0.25, -0.2) is 4.98 Å². The van der Waals surface area contributed by atoms with Gasteiger partial charge in [-0.05, 0) is 30.9 Å². The van der Waals surface area contributed by atoms with E-state index in [0.29, 0.717) is 12.0 Å². The topological polar surface area (TPSA) is 73.8 Å². The molecule has 1 saturated heterocycles. The van der Waals surface area contributed by atoms with Gasteiger partial charge in [0.05, 0.1) is 13.2 Å². The van der Waals surface area contributed by atoms with E-state index in [9.17, 15) is 0 Å². The van der Waals surface area contributed by atoms with Crippen LogP contribution in [0, 0.1) is 5.92 Å². The van der Waals surface area contributed by atoms with Crippen LogP contribution in [0.4, 0.5) is 5.82 Å². The van der Waals surface area contributed by atoms with E-state index in [2.05, 4.69) is 44.7 Å². The Morgan fingerprint density at radius 3 is 2.50 bits per heavy atom. The number of hydrogen-bond donors (Lipinski definition) is 3. The highest BCUT2D eigenvalue weighted by atomic mass is 127. The number of pyridine rings is 1. The van der Waals surface area contributed by atoms with Gasteiger partial charge < -0.3 is 20.7 Å². The number of rotatable bonds is 12. The molecule has 1 aromatic rings. The second kappa shape index (κ2) is 16.5. The van der Waals surface area contributed by atoms with Gasteiger partial charge in [-0.3, -0.25) is 9.89 Å². The van der Waals surface area contributed by atoms with Gasteiger partial charge in [0.2, 0.25) is 0 Å². The summed E-state index contributed by atoms with van der Waals surface area (Å²) in [5.41, 5.74) is 0. The van der Waals surface area contributed by atoms with Crippen LogP contribution in [0.1, 0.15) is 39.5 Å². The van der Waals surface area contributed by atoms with Crippen molar-refractivity contribution >= 4 is 35.8 Å². The fourth-order valence-electron chi connectivity index (χ4n) is 3.90. The van der Waals surface area contributed by atoms with Crippen molar-refractivity contribution in [3.63, 3.8) is 0 Å². The zero-order chi connectivity index (χ0) is 20.7. The lowest BCUT2D eigenvalue weighted by Gasteiger charge is -2.39. The third kappa shape index (κ3) is 9.78. The van der Waals surface area contributed by atoms with Crippen LogP contribution in [0.3, 0.4) is 0 Å². The minimum atomic E-state index is 0. The summed E-state index contributed by atoms with van der Waals surface area (Å²) in [4.78, 5) is 11.3. The molecule has 0 radical (unpaired) electrons. The monoisotopic (exact) mass is 532 g/mol. The van der Waals surface area contributed by atoms with Gasteiger partial charge in [-0.2, -0.15) is 0 Å². The molecule has 3 N–H and O–H groups in total. The first kappa shape index (κ1) is 26.9. The summed E-state index contributed by atoms with van der Waals surface area (Å²) < 4.78 is 5.55. The minimum Gasteiger partial charge on any atom is -0.379 e. The average molecular weight is 533 g/mol. The summed E-state index contributed by atoms with van der Waals surface area (Å²) in [5, 5.41) is 10.4. The van der Waals surface area contributed by atoms with Crippen LogP contribution in [0.2, 0.25) is 0 Å². The van der Waals surface area contributed by atoms with Crippen molar-refractivity contribution in [1.29, 1.82) is 0 Å². The third-order valence-electron chi connectivity index (χ3n) is 5.68. The van der Waals surface area contributed by atoms with Crippen molar-refractivity contribution < 1.29 is 4.74 Å². The fourth-order valence-corrected chi connectivity index (χ4v) is 3.90. The highest BCUT2D eigenvalue weighted by Gasteiger charge is 2.26. The number of nitrogens with zero attached hydrogens (tertiary/aromatic N) is 3. The molecule has 0 spiro atoms. The summed E-state index contributed by atoms with van der Waals surface area (Å²) in [7, 11) is 1.85. The summed E-state index contributed by atoms with van der Waals surface area (Å²) in [6, 6.07) is 6.45. The number of anilines is 1. The summed E-state index contributed by atoms with van der Waals surface area (Å²) in [5.74, 6) is 2.52. The Labute approximate surface area is 199 Å². The van der Waals surface area contributed by atoms with E-state index in [1.165, 1.54) is 12.8 Å². The standard InChI is InChI=1S/C22H40N6O.HI/c1-4-19(5-2)20(28-14-16-29-17-15-28)18-27-22(23-3)26-13-9-8-12-25-21-10-6-7-11-24-21;/h6-7,10-11,19-20H,4-5,8-9,12-18H2,1-3H3,(H,24,25)(H2,23,26,27);1H. The second-order valence-corrected chi connectivity index (χ2v) is 7.52. The van der Waals surface area contributed by atoms with E-state index >= 15 is 0 Å². The molecular formula is C22H41IN6O. The molecule has 1 unspecified atom stereocenters. The van der Waals surface area contributed by atoms with E-state index in [4.69, 9.17) is 4.74 Å². The molecular weight excluding hydrogens is 491 g/mol. The Balaban J connectivity index is 0.00000450. The Morgan fingerprint density at radius 2 is 1.87 bits per heavy atom. The van der Waals surface area contributed by atoms with Gasteiger partial charge in [0.1, 0.15) is 5.82 Å². The van der Waals surface area contributed by atoms with Gasteiger partial charge in [0.25, 0.3) is 0 Å². The summed E-state index contributed by atoms with van der Waals surface area (Å²) in [6.45, 7) is 11.1. The zero-order valence-electron chi connectivity index (χ0n) is 18.9. The lowest BCUT2D eigenvalue weighted by molar-refractivity contribution is 0.00272. The quantitative estimate of drug-likeness (QED) is 0.166. The van der Waals surface area contributed by atoms with Gasteiger partial charge in [-0.1, -0.05) is 32.8 Å². The predicted molar refractivity (Wildman–Crippen MR) is 137 cm³/mol. The van der Waals surface area contributed by atoms with Gasteiger partial charge in [0, 0.05) is 52.0 Å². The van der Waals surface area contributed by atoms with Gasteiger partial charge in [-0.15, -0.1) is 24.0 Å². The maximum atomic E-state index is 5.55. The largest absolute Gasteiger partial charge is 0.379 e. The van der Waals surface area contributed by atoms with E-state index in [1.54, 1.807) is 0 Å². The van der Waals surface area contributed by atoms with Crippen molar-refractivity contribution in [2.24, 2.45) is 10.9 Å². The zero-order valence-corrected chi connectivity index (χ0v) is 21.2. The molecule has 1 aliphatic heterocycles. The van der Waals surface area contributed by atoms with E-state index < -0.39 is 0 Å². The van der Waals surface area contributed by atoms with Crippen LogP contribution in [0.15, 0.2) is 29.4 Å². The van der Waals surface area contributed by atoms with Crippen molar-refractivity contribution in [1.82, 2.24) is 20.5 Å². The maximum Gasteiger partial charge on any atom is 0.191 e. The average Bonchev–Trinajstić information content (AvgIpc) is 2.78. The van der Waals surface area contributed by atoms with Crippen LogP contribution in [-0.4, -0.2) is 74.9 Å². The lowest BCUT2D eigenvalue weighted by atomic mass is 9.92. The van der Waals surface area contributed by atoms with Crippen molar-refractivity contribution in [2.75, 3.05) is 58.3 Å². The van der Waals surface area contributed by atoms with E-state index in [-0.39, 0.29) is 24.0 Å². The number of aliphatic imine (C=N–C) groups is 1. The van der Waals surface area contributed by atoms with Crippen molar-refractivity contribution in [3.05, 3.63) is 24.4 Å². The van der Waals surface area contributed by atoms with E-state index in [0.717, 1.165) is 70.6 Å². The molecule has 0 bridgehead atoms. The van der Waals surface area contributed by atoms with Crippen LogP contribution < -0.4 is 16.0 Å². The molecule has 1 atom stereocenters. The first-order valence-electron chi connectivity index (χ1n) is 11.2. The van der Waals surface area contributed by atoms with Crippen molar-refractivity contribution in [2.45, 2.75) is 45.6 Å². The van der Waals surface area contributed by atoms with Gasteiger partial charge in [0.15, 0.2) is 5.96 Å². The number of halogens is 1. The molecule has 1 aromatic heterocycles.